The molecule has 2 rings (SSSR count). The highest BCUT2D eigenvalue weighted by atomic mass is 32.1. The number of benzene rings is 1. The van der Waals surface area contributed by atoms with E-state index in [9.17, 15) is 0 Å². The molecule has 0 saturated heterocycles. The first-order valence-electron chi connectivity index (χ1n) is 6.85. The number of ether oxygens (including phenoxy) is 1. The molecule has 0 aliphatic heterocycles. The van der Waals surface area contributed by atoms with Crippen molar-refractivity contribution < 1.29 is 4.74 Å². The fourth-order valence-electron chi connectivity index (χ4n) is 2.12. The van der Waals surface area contributed by atoms with Crippen LogP contribution in [0.5, 0.6) is 0 Å². The first kappa shape index (κ1) is 15.0. The molecule has 1 heterocycles. The van der Waals surface area contributed by atoms with Gasteiger partial charge in [-0.3, -0.25) is 0 Å². The van der Waals surface area contributed by atoms with Crippen molar-refractivity contribution in [2.45, 2.75) is 33.8 Å². The fourth-order valence-corrected chi connectivity index (χ4v) is 3.23. The fraction of sp³-hybridized carbons (Fsp3) is 0.438. The van der Waals surface area contributed by atoms with Crippen LogP contribution in [0.1, 0.15) is 38.8 Å². The number of rotatable bonds is 4. The Bertz CT molecular complexity index is 572. The number of para-hydroxylation sites is 1. The van der Waals surface area contributed by atoms with Gasteiger partial charge in [0, 0.05) is 23.2 Å². The van der Waals surface area contributed by atoms with Crippen LogP contribution in [0.15, 0.2) is 29.6 Å². The van der Waals surface area contributed by atoms with Crippen LogP contribution in [-0.2, 0) is 4.74 Å². The minimum absolute atomic E-state index is 0.0104. The zero-order chi connectivity index (χ0) is 14.8. The monoisotopic (exact) mass is 290 g/mol. The van der Waals surface area contributed by atoms with Crippen molar-refractivity contribution in [2.75, 3.05) is 12.3 Å². The Morgan fingerprint density at radius 2 is 2.00 bits per heavy atom. The van der Waals surface area contributed by atoms with Crippen LogP contribution in [0.4, 0.5) is 5.69 Å². The molecule has 1 aromatic carbocycles. The maximum absolute atomic E-state index is 6.02. The van der Waals surface area contributed by atoms with Crippen molar-refractivity contribution in [3.63, 3.8) is 0 Å². The third-order valence-corrected chi connectivity index (χ3v) is 3.99. The molecule has 0 amide bonds. The Morgan fingerprint density at radius 1 is 1.30 bits per heavy atom. The van der Waals surface area contributed by atoms with Crippen molar-refractivity contribution in [1.82, 2.24) is 4.98 Å². The van der Waals surface area contributed by atoms with Crippen LogP contribution in [0, 0.1) is 5.41 Å². The molecule has 3 nitrogen and oxygen atoms in total. The highest BCUT2D eigenvalue weighted by Gasteiger charge is 2.29. The summed E-state index contributed by atoms with van der Waals surface area (Å²) in [4.78, 5) is 4.74. The van der Waals surface area contributed by atoms with E-state index in [-0.39, 0.29) is 11.5 Å². The van der Waals surface area contributed by atoms with Crippen molar-refractivity contribution in [3.8, 4) is 11.3 Å². The van der Waals surface area contributed by atoms with Crippen molar-refractivity contribution in [1.29, 1.82) is 0 Å². The molecule has 0 aliphatic carbocycles. The average Bonchev–Trinajstić information content (AvgIpc) is 2.84. The van der Waals surface area contributed by atoms with Gasteiger partial charge in [0.15, 0.2) is 0 Å². The smallest absolute Gasteiger partial charge is 0.123 e. The lowest BCUT2D eigenvalue weighted by Crippen LogP contribution is -2.21. The lowest BCUT2D eigenvalue weighted by molar-refractivity contribution is -0.0133. The van der Waals surface area contributed by atoms with E-state index < -0.39 is 0 Å². The molecular formula is C16H22N2OS. The number of nitrogens with zero attached hydrogens (tertiary/aromatic N) is 1. The van der Waals surface area contributed by atoms with E-state index in [1.165, 1.54) is 0 Å². The molecule has 20 heavy (non-hydrogen) atoms. The van der Waals surface area contributed by atoms with Crippen molar-refractivity contribution in [2.24, 2.45) is 5.41 Å². The summed E-state index contributed by atoms with van der Waals surface area (Å²) in [5.74, 6) is 0. The standard InChI is InChI=1S/C16H22N2OS/c1-5-19-14(16(2,3)4)15-18-13(10-20-15)11-8-6-7-9-12(11)17/h6-10,14H,5,17H2,1-4H3. The van der Waals surface area contributed by atoms with Gasteiger partial charge in [-0.1, -0.05) is 39.0 Å². The van der Waals surface area contributed by atoms with E-state index in [1.54, 1.807) is 11.3 Å². The number of nitrogen functional groups attached to an aromatic ring is 1. The largest absolute Gasteiger partial charge is 0.398 e. The zero-order valence-electron chi connectivity index (χ0n) is 12.5. The molecule has 2 N–H and O–H groups in total. The Kier molecular flexibility index (Phi) is 4.45. The van der Waals surface area contributed by atoms with Crippen molar-refractivity contribution in [3.05, 3.63) is 34.7 Å². The maximum Gasteiger partial charge on any atom is 0.123 e. The van der Waals surface area contributed by atoms with Gasteiger partial charge in [-0.05, 0) is 18.4 Å². The van der Waals surface area contributed by atoms with Crippen LogP contribution < -0.4 is 5.73 Å². The Morgan fingerprint density at radius 3 is 2.60 bits per heavy atom. The lowest BCUT2D eigenvalue weighted by Gasteiger charge is -2.28. The number of hydrogen-bond acceptors (Lipinski definition) is 4. The van der Waals surface area contributed by atoms with Crippen LogP contribution in [-0.4, -0.2) is 11.6 Å². The molecule has 4 heteroatoms. The van der Waals surface area contributed by atoms with Gasteiger partial charge in [0.2, 0.25) is 0 Å². The van der Waals surface area contributed by atoms with Crippen LogP contribution in [0.2, 0.25) is 0 Å². The molecule has 2 aromatic rings. The Hall–Kier alpha value is -1.39. The molecule has 0 radical (unpaired) electrons. The Balaban J connectivity index is 2.35. The van der Waals surface area contributed by atoms with E-state index in [0.29, 0.717) is 6.61 Å². The summed E-state index contributed by atoms with van der Waals surface area (Å²) in [6, 6.07) is 7.82. The summed E-state index contributed by atoms with van der Waals surface area (Å²) in [5.41, 5.74) is 8.71. The lowest BCUT2D eigenvalue weighted by atomic mass is 9.89. The number of anilines is 1. The van der Waals surface area contributed by atoms with E-state index in [2.05, 4.69) is 26.2 Å². The Labute approximate surface area is 124 Å². The summed E-state index contributed by atoms with van der Waals surface area (Å²) < 4.78 is 5.89. The van der Waals surface area contributed by atoms with Crippen molar-refractivity contribution >= 4 is 17.0 Å². The summed E-state index contributed by atoms with van der Waals surface area (Å²) >= 11 is 1.64. The van der Waals surface area contributed by atoms with Crippen LogP contribution >= 0.6 is 11.3 Å². The second-order valence-electron chi connectivity index (χ2n) is 5.86. The van der Waals surface area contributed by atoms with Gasteiger partial charge in [-0.2, -0.15) is 0 Å². The SMILES string of the molecule is CCOC(c1nc(-c2ccccc2N)cs1)C(C)(C)C. The molecule has 0 saturated carbocycles. The van der Waals surface area contributed by atoms with E-state index in [1.807, 2.05) is 31.2 Å². The normalized spacial score (nSPS) is 13.4. The summed E-state index contributed by atoms with van der Waals surface area (Å²) in [6.45, 7) is 9.22. The number of hydrogen-bond donors (Lipinski definition) is 1. The third-order valence-electron chi connectivity index (χ3n) is 3.10. The predicted molar refractivity (Wildman–Crippen MR) is 85.8 cm³/mol. The van der Waals surface area contributed by atoms with Crippen LogP contribution in [0.3, 0.4) is 0 Å². The topological polar surface area (TPSA) is 48.1 Å². The third kappa shape index (κ3) is 3.19. The average molecular weight is 290 g/mol. The minimum Gasteiger partial charge on any atom is -0.398 e. The first-order chi connectivity index (χ1) is 9.43. The molecule has 0 fully saturated rings. The van der Waals surface area contributed by atoms with E-state index >= 15 is 0 Å². The molecule has 0 aliphatic rings. The van der Waals surface area contributed by atoms with Gasteiger partial charge < -0.3 is 10.5 Å². The van der Waals surface area contributed by atoms with Gasteiger partial charge in [0.25, 0.3) is 0 Å². The number of nitrogens with two attached hydrogens (primary N) is 1. The van der Waals surface area contributed by atoms with E-state index in [0.717, 1.165) is 22.0 Å². The number of thiazole rings is 1. The maximum atomic E-state index is 6.02. The molecule has 1 aromatic heterocycles. The van der Waals surface area contributed by atoms with Gasteiger partial charge >= 0.3 is 0 Å². The van der Waals surface area contributed by atoms with Gasteiger partial charge in [0.05, 0.1) is 5.69 Å². The second kappa shape index (κ2) is 5.94. The van der Waals surface area contributed by atoms with Gasteiger partial charge in [0.1, 0.15) is 11.1 Å². The predicted octanol–water partition coefficient (Wildman–Crippen LogP) is 4.52. The first-order valence-corrected chi connectivity index (χ1v) is 7.73. The molecule has 0 spiro atoms. The number of aromatic nitrogens is 1. The van der Waals surface area contributed by atoms with E-state index in [4.69, 9.17) is 15.5 Å². The molecule has 108 valence electrons. The molecular weight excluding hydrogens is 268 g/mol. The van der Waals surface area contributed by atoms with Gasteiger partial charge in [-0.25, -0.2) is 4.98 Å². The minimum atomic E-state index is 0.0104. The summed E-state index contributed by atoms with van der Waals surface area (Å²) in [6.07, 6.45) is 0.0104. The quantitative estimate of drug-likeness (QED) is 0.842. The summed E-state index contributed by atoms with van der Waals surface area (Å²) in [7, 11) is 0. The van der Waals surface area contributed by atoms with Crippen LogP contribution in [0.25, 0.3) is 11.3 Å². The molecule has 0 bridgehead atoms. The molecule has 1 unspecified atom stereocenters. The molecule has 1 atom stereocenters. The highest BCUT2D eigenvalue weighted by Crippen LogP contribution is 2.39. The second-order valence-corrected chi connectivity index (χ2v) is 6.75. The zero-order valence-corrected chi connectivity index (χ0v) is 13.3. The summed E-state index contributed by atoms with van der Waals surface area (Å²) in [5, 5.41) is 3.07. The highest BCUT2D eigenvalue weighted by molar-refractivity contribution is 7.10. The van der Waals surface area contributed by atoms with Gasteiger partial charge in [-0.15, -0.1) is 11.3 Å².